The maximum absolute atomic E-state index is 12.1. The van der Waals surface area contributed by atoms with Crippen molar-refractivity contribution in [3.63, 3.8) is 0 Å². The summed E-state index contributed by atoms with van der Waals surface area (Å²) in [7, 11) is 1.76. The number of ketones is 1. The van der Waals surface area contributed by atoms with Gasteiger partial charge in [-0.15, -0.1) is 0 Å². The Bertz CT molecular complexity index is 559. The summed E-state index contributed by atoms with van der Waals surface area (Å²) in [6.45, 7) is 1.93. The van der Waals surface area contributed by atoms with Gasteiger partial charge in [0, 0.05) is 18.3 Å². The largest absolute Gasteiger partial charge is 0.398 e. The van der Waals surface area contributed by atoms with Crippen molar-refractivity contribution in [3.8, 4) is 0 Å². The van der Waals surface area contributed by atoms with Crippen molar-refractivity contribution in [2.45, 2.75) is 13.3 Å². The number of hydrogen-bond acceptors (Lipinski definition) is 4. The van der Waals surface area contributed by atoms with Crippen LogP contribution < -0.4 is 5.73 Å². The molecule has 1 aromatic heterocycles. The maximum atomic E-state index is 12.1. The van der Waals surface area contributed by atoms with Gasteiger partial charge in [-0.25, -0.2) is 4.98 Å². The van der Waals surface area contributed by atoms with Crippen molar-refractivity contribution in [2.24, 2.45) is 7.05 Å². The minimum atomic E-state index is -0.0395. The molecule has 0 fully saturated rings. The van der Waals surface area contributed by atoms with Gasteiger partial charge in [-0.1, -0.05) is 11.6 Å². The van der Waals surface area contributed by atoms with Crippen LogP contribution in [0.15, 0.2) is 24.5 Å². The molecule has 5 nitrogen and oxygen atoms in total. The first-order valence-electron chi connectivity index (χ1n) is 5.30. The monoisotopic (exact) mass is 230 g/mol. The second kappa shape index (κ2) is 4.37. The van der Waals surface area contributed by atoms with Crippen LogP contribution in [0, 0.1) is 6.92 Å². The number of aromatic nitrogens is 3. The number of nitrogens with two attached hydrogens (primary N) is 1. The Labute approximate surface area is 99.3 Å². The van der Waals surface area contributed by atoms with Crippen LogP contribution in [0.1, 0.15) is 21.7 Å². The van der Waals surface area contributed by atoms with E-state index in [1.807, 2.05) is 13.0 Å². The number of anilines is 1. The predicted molar refractivity (Wildman–Crippen MR) is 64.6 cm³/mol. The minimum absolute atomic E-state index is 0.0395. The van der Waals surface area contributed by atoms with Crippen LogP contribution in [0.25, 0.3) is 0 Å². The van der Waals surface area contributed by atoms with E-state index in [0.29, 0.717) is 17.1 Å². The van der Waals surface area contributed by atoms with Crippen molar-refractivity contribution in [2.75, 3.05) is 5.73 Å². The summed E-state index contributed by atoms with van der Waals surface area (Å²) >= 11 is 0. The average molecular weight is 230 g/mol. The fraction of sp³-hybridized carbons (Fsp3) is 0.250. The Morgan fingerprint density at radius 3 is 2.88 bits per heavy atom. The molecule has 0 radical (unpaired) electrons. The lowest BCUT2D eigenvalue weighted by atomic mass is 10.0. The van der Waals surface area contributed by atoms with Gasteiger partial charge in [0.15, 0.2) is 5.78 Å². The highest BCUT2D eigenvalue weighted by molar-refractivity contribution is 6.01. The standard InChI is InChI=1S/C12H14N4O/c1-8-3-4-10(13)9(5-8)11(17)6-12-14-7-15-16(12)2/h3-5,7H,6,13H2,1-2H3. The van der Waals surface area contributed by atoms with Crippen LogP contribution in [0.3, 0.4) is 0 Å². The summed E-state index contributed by atoms with van der Waals surface area (Å²) in [5, 5.41) is 3.93. The highest BCUT2D eigenvalue weighted by Gasteiger charge is 2.13. The first-order chi connectivity index (χ1) is 8.08. The second-order valence-electron chi connectivity index (χ2n) is 3.99. The molecular weight excluding hydrogens is 216 g/mol. The van der Waals surface area contributed by atoms with E-state index < -0.39 is 0 Å². The van der Waals surface area contributed by atoms with Crippen LogP contribution in [0.2, 0.25) is 0 Å². The highest BCUT2D eigenvalue weighted by atomic mass is 16.1. The SMILES string of the molecule is Cc1ccc(N)c(C(=O)Cc2ncnn2C)c1. The van der Waals surface area contributed by atoms with Gasteiger partial charge in [-0.3, -0.25) is 9.48 Å². The van der Waals surface area contributed by atoms with E-state index >= 15 is 0 Å². The van der Waals surface area contributed by atoms with Crippen LogP contribution in [0.4, 0.5) is 5.69 Å². The van der Waals surface area contributed by atoms with Gasteiger partial charge in [0.05, 0.1) is 6.42 Å². The molecule has 0 aliphatic heterocycles. The van der Waals surface area contributed by atoms with Crippen molar-refractivity contribution >= 4 is 11.5 Å². The molecule has 0 saturated carbocycles. The zero-order valence-electron chi connectivity index (χ0n) is 9.84. The Hall–Kier alpha value is -2.17. The lowest BCUT2D eigenvalue weighted by Crippen LogP contribution is -2.11. The van der Waals surface area contributed by atoms with Gasteiger partial charge in [0.2, 0.25) is 0 Å². The van der Waals surface area contributed by atoms with Gasteiger partial charge in [0.25, 0.3) is 0 Å². The van der Waals surface area contributed by atoms with E-state index in [0.717, 1.165) is 5.56 Å². The van der Waals surface area contributed by atoms with E-state index in [4.69, 9.17) is 5.73 Å². The number of carbonyl (C=O) groups excluding carboxylic acids is 1. The summed E-state index contributed by atoms with van der Waals surface area (Å²) in [4.78, 5) is 16.1. The summed E-state index contributed by atoms with van der Waals surface area (Å²) < 4.78 is 1.59. The Balaban J connectivity index is 2.26. The third-order valence-corrected chi connectivity index (χ3v) is 2.63. The number of hydrogen-bond donors (Lipinski definition) is 1. The zero-order valence-corrected chi connectivity index (χ0v) is 9.84. The van der Waals surface area contributed by atoms with Crippen molar-refractivity contribution < 1.29 is 4.79 Å². The normalized spacial score (nSPS) is 10.5. The summed E-state index contributed by atoms with van der Waals surface area (Å²) in [6.07, 6.45) is 1.65. The molecule has 0 bridgehead atoms. The van der Waals surface area contributed by atoms with E-state index in [9.17, 15) is 4.79 Å². The van der Waals surface area contributed by atoms with E-state index in [1.54, 1.807) is 23.9 Å². The van der Waals surface area contributed by atoms with Crippen molar-refractivity contribution in [1.82, 2.24) is 14.8 Å². The molecule has 1 heterocycles. The number of carbonyl (C=O) groups is 1. The first kappa shape index (κ1) is 11.3. The molecule has 0 spiro atoms. The van der Waals surface area contributed by atoms with Gasteiger partial charge < -0.3 is 5.73 Å². The van der Waals surface area contributed by atoms with Crippen molar-refractivity contribution in [1.29, 1.82) is 0 Å². The summed E-state index contributed by atoms with van der Waals surface area (Å²) in [5.74, 6) is 0.596. The number of Topliss-reactive ketones (excluding diaryl/α,β-unsaturated/α-hetero) is 1. The molecule has 2 aromatic rings. The molecule has 17 heavy (non-hydrogen) atoms. The van der Waals surface area contributed by atoms with Gasteiger partial charge in [0.1, 0.15) is 12.2 Å². The number of nitrogens with zero attached hydrogens (tertiary/aromatic N) is 3. The molecule has 0 atom stereocenters. The fourth-order valence-corrected chi connectivity index (χ4v) is 1.63. The highest BCUT2D eigenvalue weighted by Crippen LogP contribution is 2.15. The Kier molecular flexibility index (Phi) is 2.91. The predicted octanol–water partition coefficient (Wildman–Crippen LogP) is 1.13. The Morgan fingerprint density at radius 1 is 1.47 bits per heavy atom. The number of rotatable bonds is 3. The minimum Gasteiger partial charge on any atom is -0.398 e. The molecule has 0 aliphatic rings. The number of aryl methyl sites for hydroxylation is 2. The zero-order chi connectivity index (χ0) is 12.4. The van der Waals surface area contributed by atoms with Gasteiger partial charge in [-0.05, 0) is 19.1 Å². The first-order valence-corrected chi connectivity index (χ1v) is 5.30. The molecule has 0 unspecified atom stereocenters. The topological polar surface area (TPSA) is 73.8 Å². The molecular formula is C12H14N4O. The third kappa shape index (κ3) is 2.33. The molecule has 0 saturated heterocycles. The van der Waals surface area contributed by atoms with E-state index in [-0.39, 0.29) is 12.2 Å². The molecule has 1 aromatic carbocycles. The Morgan fingerprint density at radius 2 is 2.24 bits per heavy atom. The molecule has 2 rings (SSSR count). The van der Waals surface area contributed by atoms with Crippen LogP contribution in [0.5, 0.6) is 0 Å². The smallest absolute Gasteiger partial charge is 0.172 e. The van der Waals surface area contributed by atoms with E-state index in [1.165, 1.54) is 6.33 Å². The van der Waals surface area contributed by atoms with Crippen LogP contribution in [-0.2, 0) is 13.5 Å². The molecule has 5 heteroatoms. The fourth-order valence-electron chi connectivity index (χ4n) is 1.63. The number of benzene rings is 1. The summed E-state index contributed by atoms with van der Waals surface area (Å²) in [5.41, 5.74) is 7.86. The molecule has 88 valence electrons. The van der Waals surface area contributed by atoms with Crippen LogP contribution in [-0.4, -0.2) is 20.5 Å². The lowest BCUT2D eigenvalue weighted by molar-refractivity contribution is 0.0990. The van der Waals surface area contributed by atoms with Gasteiger partial charge >= 0.3 is 0 Å². The average Bonchev–Trinajstić information content (AvgIpc) is 2.68. The third-order valence-electron chi connectivity index (χ3n) is 2.63. The quantitative estimate of drug-likeness (QED) is 0.633. The summed E-state index contributed by atoms with van der Waals surface area (Å²) in [6, 6.07) is 5.43. The maximum Gasteiger partial charge on any atom is 0.172 e. The molecule has 2 N–H and O–H groups in total. The second-order valence-corrected chi connectivity index (χ2v) is 3.99. The van der Waals surface area contributed by atoms with Gasteiger partial charge in [-0.2, -0.15) is 5.10 Å². The van der Waals surface area contributed by atoms with Crippen molar-refractivity contribution in [3.05, 3.63) is 41.5 Å². The number of nitrogen functional groups attached to an aromatic ring is 1. The molecule has 0 amide bonds. The van der Waals surface area contributed by atoms with E-state index in [2.05, 4.69) is 10.1 Å². The molecule has 0 aliphatic carbocycles. The lowest BCUT2D eigenvalue weighted by Gasteiger charge is -2.05. The van der Waals surface area contributed by atoms with Crippen LogP contribution >= 0.6 is 0 Å².